The van der Waals surface area contributed by atoms with Crippen molar-refractivity contribution in [2.75, 3.05) is 33.9 Å². The van der Waals surface area contributed by atoms with Crippen LogP contribution in [0.1, 0.15) is 31.2 Å². The number of aliphatic imine (C=N–C) groups is 1. The Bertz CT molecular complexity index is 515. The van der Waals surface area contributed by atoms with Crippen molar-refractivity contribution in [3.63, 3.8) is 0 Å². The molecule has 5 heteroatoms. The number of rotatable bonds is 8. The normalized spacial score (nSPS) is 16.7. The number of benzene rings is 1. The first-order chi connectivity index (χ1) is 11.2. The van der Waals surface area contributed by atoms with Crippen LogP contribution in [0, 0.1) is 11.2 Å². The third kappa shape index (κ3) is 5.50. The standard InChI is InChI=1S/C18H28FN3O/c1-20-17(21-11-7-15-5-3-6-16(19)13-15)22-14-18(8-4-9-18)10-12-23-2/h3,5-6,13H,4,7-12,14H2,1-2H3,(H2,20,21,22). The van der Waals surface area contributed by atoms with E-state index in [1.807, 2.05) is 6.07 Å². The molecule has 2 N–H and O–H groups in total. The number of nitrogens with zero attached hydrogens (tertiary/aromatic N) is 1. The third-order valence-corrected chi connectivity index (χ3v) is 4.70. The van der Waals surface area contributed by atoms with E-state index in [1.54, 1.807) is 26.3 Å². The lowest BCUT2D eigenvalue weighted by atomic mass is 9.67. The molecule has 0 spiro atoms. The molecular weight excluding hydrogens is 293 g/mol. The summed E-state index contributed by atoms with van der Waals surface area (Å²) in [6.45, 7) is 2.47. The molecule has 1 fully saturated rings. The van der Waals surface area contributed by atoms with Gasteiger partial charge in [-0.15, -0.1) is 0 Å². The average Bonchev–Trinajstić information content (AvgIpc) is 2.51. The molecule has 4 nitrogen and oxygen atoms in total. The zero-order chi connectivity index (χ0) is 16.5. The summed E-state index contributed by atoms with van der Waals surface area (Å²) in [7, 11) is 3.53. The number of halogens is 1. The number of ether oxygens (including phenoxy) is 1. The Labute approximate surface area is 138 Å². The Kier molecular flexibility index (Phi) is 6.84. The maximum Gasteiger partial charge on any atom is 0.191 e. The highest BCUT2D eigenvalue weighted by atomic mass is 19.1. The fraction of sp³-hybridized carbons (Fsp3) is 0.611. The molecule has 2 rings (SSSR count). The smallest absolute Gasteiger partial charge is 0.191 e. The minimum Gasteiger partial charge on any atom is -0.385 e. The number of guanidine groups is 1. The highest BCUT2D eigenvalue weighted by Crippen LogP contribution is 2.43. The minimum absolute atomic E-state index is 0.185. The first-order valence-electron chi connectivity index (χ1n) is 8.35. The van der Waals surface area contributed by atoms with Crippen molar-refractivity contribution in [3.05, 3.63) is 35.6 Å². The van der Waals surface area contributed by atoms with E-state index in [9.17, 15) is 4.39 Å². The van der Waals surface area contributed by atoms with Crippen LogP contribution < -0.4 is 10.6 Å². The van der Waals surface area contributed by atoms with E-state index < -0.39 is 0 Å². The predicted octanol–water partition coefficient (Wildman–Crippen LogP) is 2.74. The maximum atomic E-state index is 13.2. The van der Waals surface area contributed by atoms with Gasteiger partial charge in [0, 0.05) is 33.9 Å². The molecule has 1 saturated carbocycles. The molecule has 0 radical (unpaired) electrons. The lowest BCUT2D eigenvalue weighted by Gasteiger charge is -2.42. The van der Waals surface area contributed by atoms with Gasteiger partial charge in [-0.1, -0.05) is 18.6 Å². The van der Waals surface area contributed by atoms with Gasteiger partial charge in [-0.25, -0.2) is 4.39 Å². The molecular formula is C18H28FN3O. The van der Waals surface area contributed by atoms with Gasteiger partial charge in [-0.2, -0.15) is 0 Å². The Morgan fingerprint density at radius 3 is 2.78 bits per heavy atom. The van der Waals surface area contributed by atoms with Crippen molar-refractivity contribution in [3.8, 4) is 0 Å². The highest BCUT2D eigenvalue weighted by Gasteiger charge is 2.36. The van der Waals surface area contributed by atoms with E-state index in [0.717, 1.165) is 44.1 Å². The van der Waals surface area contributed by atoms with Crippen LogP contribution in [0.25, 0.3) is 0 Å². The van der Waals surface area contributed by atoms with Gasteiger partial charge < -0.3 is 15.4 Å². The molecule has 23 heavy (non-hydrogen) atoms. The Balaban J connectivity index is 1.73. The van der Waals surface area contributed by atoms with Crippen LogP contribution in [-0.2, 0) is 11.2 Å². The summed E-state index contributed by atoms with van der Waals surface area (Å²) in [4.78, 5) is 4.27. The topological polar surface area (TPSA) is 45.7 Å². The van der Waals surface area contributed by atoms with Crippen LogP contribution >= 0.6 is 0 Å². The van der Waals surface area contributed by atoms with Gasteiger partial charge in [0.05, 0.1) is 0 Å². The van der Waals surface area contributed by atoms with Gasteiger partial charge in [0.2, 0.25) is 0 Å². The monoisotopic (exact) mass is 321 g/mol. The summed E-state index contributed by atoms with van der Waals surface area (Å²) in [6.07, 6.45) is 5.67. The Morgan fingerprint density at radius 1 is 1.35 bits per heavy atom. The molecule has 0 aliphatic heterocycles. The second-order valence-corrected chi connectivity index (χ2v) is 6.33. The Hall–Kier alpha value is -1.62. The lowest BCUT2D eigenvalue weighted by molar-refractivity contribution is 0.0732. The van der Waals surface area contributed by atoms with Gasteiger partial charge in [-0.05, 0) is 48.8 Å². The molecule has 0 heterocycles. The second kappa shape index (κ2) is 8.87. The van der Waals surface area contributed by atoms with Crippen LogP contribution in [0.2, 0.25) is 0 Å². The molecule has 0 bridgehead atoms. The predicted molar refractivity (Wildman–Crippen MR) is 92.2 cm³/mol. The Morgan fingerprint density at radius 2 is 2.17 bits per heavy atom. The van der Waals surface area contributed by atoms with E-state index in [0.29, 0.717) is 5.41 Å². The van der Waals surface area contributed by atoms with E-state index >= 15 is 0 Å². The van der Waals surface area contributed by atoms with Crippen LogP contribution in [0.5, 0.6) is 0 Å². The summed E-state index contributed by atoms with van der Waals surface area (Å²) in [6, 6.07) is 6.73. The van der Waals surface area contributed by atoms with Crippen molar-refractivity contribution in [2.45, 2.75) is 32.1 Å². The summed E-state index contributed by atoms with van der Waals surface area (Å²) in [5, 5.41) is 6.73. The number of methoxy groups -OCH3 is 1. The van der Waals surface area contributed by atoms with Gasteiger partial charge >= 0.3 is 0 Å². The molecule has 1 aliphatic rings. The van der Waals surface area contributed by atoms with Crippen LogP contribution in [0.4, 0.5) is 4.39 Å². The van der Waals surface area contributed by atoms with Crippen molar-refractivity contribution in [2.24, 2.45) is 10.4 Å². The third-order valence-electron chi connectivity index (χ3n) is 4.70. The average molecular weight is 321 g/mol. The molecule has 0 saturated heterocycles. The molecule has 0 aromatic heterocycles. The van der Waals surface area contributed by atoms with Crippen molar-refractivity contribution in [1.82, 2.24) is 10.6 Å². The van der Waals surface area contributed by atoms with Crippen molar-refractivity contribution >= 4 is 5.96 Å². The van der Waals surface area contributed by atoms with Crippen molar-refractivity contribution < 1.29 is 9.13 Å². The summed E-state index contributed by atoms with van der Waals surface area (Å²) in [5.41, 5.74) is 1.35. The summed E-state index contributed by atoms with van der Waals surface area (Å²) >= 11 is 0. The number of hydrogen-bond acceptors (Lipinski definition) is 2. The van der Waals surface area contributed by atoms with Gasteiger partial charge in [0.15, 0.2) is 5.96 Å². The number of hydrogen-bond donors (Lipinski definition) is 2. The van der Waals surface area contributed by atoms with Crippen molar-refractivity contribution in [1.29, 1.82) is 0 Å². The largest absolute Gasteiger partial charge is 0.385 e. The molecule has 1 aromatic carbocycles. The quantitative estimate of drug-likeness (QED) is 0.572. The highest BCUT2D eigenvalue weighted by molar-refractivity contribution is 5.79. The van der Waals surface area contributed by atoms with E-state index in [2.05, 4.69) is 15.6 Å². The molecule has 1 aromatic rings. The maximum absolute atomic E-state index is 13.2. The fourth-order valence-corrected chi connectivity index (χ4v) is 3.02. The molecule has 0 atom stereocenters. The summed E-state index contributed by atoms with van der Waals surface area (Å²) < 4.78 is 18.4. The zero-order valence-corrected chi connectivity index (χ0v) is 14.2. The molecule has 0 unspecified atom stereocenters. The first-order valence-corrected chi connectivity index (χ1v) is 8.35. The summed E-state index contributed by atoms with van der Waals surface area (Å²) in [5.74, 6) is 0.625. The first kappa shape index (κ1) is 17.7. The minimum atomic E-state index is -0.185. The second-order valence-electron chi connectivity index (χ2n) is 6.33. The zero-order valence-electron chi connectivity index (χ0n) is 14.2. The lowest BCUT2D eigenvalue weighted by Crippen LogP contribution is -2.47. The van der Waals surface area contributed by atoms with Crippen LogP contribution in [0.15, 0.2) is 29.3 Å². The number of nitrogens with one attached hydrogen (secondary N) is 2. The van der Waals surface area contributed by atoms with E-state index in [1.165, 1.54) is 25.3 Å². The molecule has 128 valence electrons. The fourth-order valence-electron chi connectivity index (χ4n) is 3.02. The van der Waals surface area contributed by atoms with E-state index in [4.69, 9.17) is 4.74 Å². The molecule has 0 amide bonds. The van der Waals surface area contributed by atoms with Crippen LogP contribution in [0.3, 0.4) is 0 Å². The SMILES string of the molecule is CN=C(NCCc1cccc(F)c1)NCC1(CCOC)CCC1. The van der Waals surface area contributed by atoms with Crippen LogP contribution in [-0.4, -0.2) is 39.8 Å². The van der Waals surface area contributed by atoms with Gasteiger partial charge in [-0.3, -0.25) is 4.99 Å². The van der Waals surface area contributed by atoms with E-state index in [-0.39, 0.29) is 5.82 Å². The van der Waals surface area contributed by atoms with Gasteiger partial charge in [0.25, 0.3) is 0 Å². The van der Waals surface area contributed by atoms with Gasteiger partial charge in [0.1, 0.15) is 5.82 Å². The molecule has 1 aliphatic carbocycles.